The molecule has 2 aromatic carbocycles. The smallest absolute Gasteiger partial charge is 0.455 e. The predicted octanol–water partition coefficient (Wildman–Crippen LogP) is 3.41. The number of hydrogen-bond acceptors (Lipinski definition) is 6. The molecule has 1 amide bonds. The van der Waals surface area contributed by atoms with Crippen LogP contribution in [0.25, 0.3) is 22.3 Å². The molecule has 0 saturated heterocycles. The first-order valence-electron chi connectivity index (χ1n) is 7.79. The SMILES string of the molecule is CNC(=O)c1c(-c2ccc(F)cc2)oc2cc(N)c(OS(=O)(=O)C(F)(F)F)cc12. The number of carbonyl (C=O) groups excluding carboxylic acids is 1. The van der Waals surface area contributed by atoms with Gasteiger partial charge in [-0.1, -0.05) is 0 Å². The fraction of sp³-hybridized carbons (Fsp3) is 0.118. The van der Waals surface area contributed by atoms with Crippen molar-refractivity contribution in [2.75, 3.05) is 12.8 Å². The number of nitrogens with one attached hydrogen (secondary N) is 1. The van der Waals surface area contributed by atoms with Crippen LogP contribution in [-0.4, -0.2) is 26.9 Å². The van der Waals surface area contributed by atoms with Gasteiger partial charge in [0, 0.05) is 24.1 Å². The third-order valence-corrected chi connectivity index (χ3v) is 4.83. The zero-order chi connectivity index (χ0) is 21.6. The highest BCUT2D eigenvalue weighted by Crippen LogP contribution is 2.39. The van der Waals surface area contributed by atoms with Gasteiger partial charge in [-0.25, -0.2) is 4.39 Å². The van der Waals surface area contributed by atoms with E-state index < -0.39 is 38.8 Å². The van der Waals surface area contributed by atoms with E-state index in [-0.39, 0.29) is 22.3 Å². The minimum atomic E-state index is -5.98. The van der Waals surface area contributed by atoms with Crippen molar-refractivity contribution >= 4 is 32.7 Å². The summed E-state index contributed by atoms with van der Waals surface area (Å²) >= 11 is 0. The van der Waals surface area contributed by atoms with Crippen molar-refractivity contribution in [3.8, 4) is 17.1 Å². The number of nitrogen functional groups attached to an aromatic ring is 1. The molecular formula is C17H12F4N2O5S. The molecule has 3 N–H and O–H groups in total. The molecular weight excluding hydrogens is 420 g/mol. The second-order valence-corrected chi connectivity index (χ2v) is 7.30. The molecule has 0 radical (unpaired) electrons. The summed E-state index contributed by atoms with van der Waals surface area (Å²) in [5.41, 5.74) is -0.383. The van der Waals surface area contributed by atoms with Gasteiger partial charge in [0.05, 0.1) is 11.3 Å². The first-order valence-corrected chi connectivity index (χ1v) is 9.20. The third kappa shape index (κ3) is 3.70. The monoisotopic (exact) mass is 432 g/mol. The fourth-order valence-electron chi connectivity index (χ4n) is 2.53. The molecule has 12 heteroatoms. The van der Waals surface area contributed by atoms with Crippen LogP contribution in [0.2, 0.25) is 0 Å². The van der Waals surface area contributed by atoms with Crippen molar-refractivity contribution in [1.82, 2.24) is 5.32 Å². The Morgan fingerprint density at radius 1 is 1.17 bits per heavy atom. The van der Waals surface area contributed by atoms with Crippen LogP contribution in [0.15, 0.2) is 40.8 Å². The van der Waals surface area contributed by atoms with Crippen molar-refractivity contribution in [3.05, 3.63) is 47.8 Å². The zero-order valence-electron chi connectivity index (χ0n) is 14.5. The minimum Gasteiger partial charge on any atom is -0.455 e. The topological polar surface area (TPSA) is 112 Å². The third-order valence-electron chi connectivity index (χ3n) is 3.86. The molecule has 7 nitrogen and oxygen atoms in total. The first-order chi connectivity index (χ1) is 13.4. The van der Waals surface area contributed by atoms with Gasteiger partial charge in [0.1, 0.15) is 17.2 Å². The van der Waals surface area contributed by atoms with Crippen LogP contribution in [0.3, 0.4) is 0 Å². The number of hydrogen-bond donors (Lipinski definition) is 2. The Morgan fingerprint density at radius 3 is 2.34 bits per heavy atom. The number of furan rings is 1. The van der Waals surface area contributed by atoms with Crippen LogP contribution >= 0.6 is 0 Å². The zero-order valence-corrected chi connectivity index (χ0v) is 15.3. The van der Waals surface area contributed by atoms with Gasteiger partial charge in [-0.05, 0) is 30.3 Å². The number of benzene rings is 2. The molecule has 154 valence electrons. The van der Waals surface area contributed by atoms with E-state index in [9.17, 15) is 30.8 Å². The maximum absolute atomic E-state index is 13.2. The average Bonchev–Trinajstić information content (AvgIpc) is 2.99. The van der Waals surface area contributed by atoms with Gasteiger partial charge in [0.15, 0.2) is 5.75 Å². The summed E-state index contributed by atoms with van der Waals surface area (Å²) in [5, 5.41) is 2.29. The highest BCUT2D eigenvalue weighted by Gasteiger charge is 2.48. The number of alkyl halides is 3. The normalized spacial score (nSPS) is 12.2. The molecule has 0 saturated carbocycles. The second kappa shape index (κ2) is 6.95. The standard InChI is InChI=1S/C17H12F4N2O5S/c1-23-16(24)14-10-6-13(28-29(25,26)17(19,20)21)11(22)7-12(10)27-15(14)8-2-4-9(18)5-3-8/h2-7H,22H2,1H3,(H,23,24). The lowest BCUT2D eigenvalue weighted by Gasteiger charge is -2.11. The van der Waals surface area contributed by atoms with E-state index in [0.29, 0.717) is 5.56 Å². The summed E-state index contributed by atoms with van der Waals surface area (Å²) in [6.45, 7) is 0. The Hall–Kier alpha value is -3.28. The van der Waals surface area contributed by atoms with E-state index in [2.05, 4.69) is 9.50 Å². The molecule has 29 heavy (non-hydrogen) atoms. The molecule has 3 rings (SSSR count). The Balaban J connectivity index is 2.24. The van der Waals surface area contributed by atoms with Crippen LogP contribution in [0.5, 0.6) is 5.75 Å². The maximum atomic E-state index is 13.2. The van der Waals surface area contributed by atoms with Crippen molar-refractivity contribution in [1.29, 1.82) is 0 Å². The molecule has 0 bridgehead atoms. The molecule has 0 unspecified atom stereocenters. The van der Waals surface area contributed by atoms with Gasteiger partial charge in [-0.3, -0.25) is 4.79 Å². The van der Waals surface area contributed by atoms with E-state index in [0.717, 1.165) is 24.3 Å². The average molecular weight is 432 g/mol. The summed E-state index contributed by atoms with van der Waals surface area (Å²) in [5.74, 6) is -2.07. The van der Waals surface area contributed by atoms with Gasteiger partial charge in [0.2, 0.25) is 0 Å². The van der Waals surface area contributed by atoms with Gasteiger partial charge in [-0.2, -0.15) is 21.6 Å². The number of anilines is 1. The van der Waals surface area contributed by atoms with Crippen LogP contribution in [-0.2, 0) is 10.1 Å². The number of fused-ring (bicyclic) bond motifs is 1. The van der Waals surface area contributed by atoms with Crippen molar-refractivity contribution in [2.45, 2.75) is 5.51 Å². The number of nitrogens with two attached hydrogens (primary N) is 1. The van der Waals surface area contributed by atoms with E-state index in [1.54, 1.807) is 0 Å². The summed E-state index contributed by atoms with van der Waals surface area (Å²) in [4.78, 5) is 12.4. The molecule has 0 aliphatic heterocycles. The number of halogens is 4. The number of carbonyl (C=O) groups is 1. The molecule has 0 aliphatic rings. The molecule has 0 spiro atoms. The Morgan fingerprint density at radius 2 is 1.79 bits per heavy atom. The summed E-state index contributed by atoms with van der Waals surface area (Å²) in [7, 11) is -4.68. The van der Waals surface area contributed by atoms with Gasteiger partial charge in [0.25, 0.3) is 5.91 Å². The number of rotatable bonds is 4. The lowest BCUT2D eigenvalue weighted by Crippen LogP contribution is -2.28. The summed E-state index contributed by atoms with van der Waals surface area (Å²) < 4.78 is 83.4. The minimum absolute atomic E-state index is 0.0165. The van der Waals surface area contributed by atoms with E-state index in [4.69, 9.17) is 10.2 Å². The van der Waals surface area contributed by atoms with Gasteiger partial charge in [-0.15, -0.1) is 0 Å². The van der Waals surface area contributed by atoms with Crippen LogP contribution in [0, 0.1) is 5.82 Å². The highest BCUT2D eigenvalue weighted by atomic mass is 32.2. The van der Waals surface area contributed by atoms with E-state index in [1.807, 2.05) is 0 Å². The Kier molecular flexibility index (Phi) is 4.91. The van der Waals surface area contributed by atoms with Crippen molar-refractivity contribution < 1.29 is 39.4 Å². The predicted molar refractivity (Wildman–Crippen MR) is 95.0 cm³/mol. The summed E-state index contributed by atoms with van der Waals surface area (Å²) in [6.07, 6.45) is 0. The Bertz CT molecular complexity index is 1200. The molecule has 3 aromatic rings. The maximum Gasteiger partial charge on any atom is 0.534 e. The van der Waals surface area contributed by atoms with Crippen molar-refractivity contribution in [2.24, 2.45) is 0 Å². The Labute approximate surface area is 161 Å². The fourth-order valence-corrected chi connectivity index (χ4v) is 3.01. The molecule has 0 aliphatic carbocycles. The van der Waals surface area contributed by atoms with E-state index in [1.165, 1.54) is 19.2 Å². The van der Waals surface area contributed by atoms with Crippen LogP contribution in [0.4, 0.5) is 23.2 Å². The van der Waals surface area contributed by atoms with Gasteiger partial charge < -0.3 is 19.7 Å². The molecule has 1 heterocycles. The second-order valence-electron chi connectivity index (χ2n) is 5.76. The lowest BCUT2D eigenvalue weighted by molar-refractivity contribution is -0.0499. The molecule has 1 aromatic heterocycles. The summed E-state index contributed by atoms with van der Waals surface area (Å²) in [6, 6.07) is 6.78. The quantitative estimate of drug-likeness (QED) is 0.283. The number of amides is 1. The first kappa shape index (κ1) is 20.5. The highest BCUT2D eigenvalue weighted by molar-refractivity contribution is 7.88. The van der Waals surface area contributed by atoms with Gasteiger partial charge >= 0.3 is 15.6 Å². The largest absolute Gasteiger partial charge is 0.534 e. The van der Waals surface area contributed by atoms with Crippen LogP contribution < -0.4 is 15.2 Å². The van der Waals surface area contributed by atoms with Crippen molar-refractivity contribution in [3.63, 3.8) is 0 Å². The van der Waals surface area contributed by atoms with E-state index >= 15 is 0 Å². The molecule has 0 fully saturated rings. The molecule has 0 atom stereocenters. The van der Waals surface area contributed by atoms with Crippen LogP contribution in [0.1, 0.15) is 10.4 Å². The lowest BCUT2D eigenvalue weighted by atomic mass is 10.0.